The summed E-state index contributed by atoms with van der Waals surface area (Å²) >= 11 is 0. The monoisotopic (exact) mass is 262 g/mol. The zero-order valence-electron chi connectivity index (χ0n) is 11.3. The Kier molecular flexibility index (Phi) is 3.83. The Morgan fingerprint density at radius 3 is 2.53 bits per heavy atom. The van der Waals surface area contributed by atoms with Gasteiger partial charge in [-0.3, -0.25) is 14.9 Å². The van der Waals surface area contributed by atoms with Crippen LogP contribution in [0.3, 0.4) is 0 Å². The number of nitro groups is 1. The Balaban J connectivity index is 2.25. The first-order valence-electron chi connectivity index (χ1n) is 6.48. The first-order chi connectivity index (χ1) is 8.99. The average molecular weight is 262 g/mol. The summed E-state index contributed by atoms with van der Waals surface area (Å²) < 4.78 is 0. The number of hydrogen-bond acceptors (Lipinski definition) is 4. The SMILES string of the molecule is Cc1ccc(N(C)C2CCC(=O)CC2)c([N+](=O)[O-])c1. The van der Waals surface area contributed by atoms with Gasteiger partial charge in [0.05, 0.1) is 4.92 Å². The molecule has 5 heteroatoms. The third-order valence-corrected chi connectivity index (χ3v) is 3.77. The van der Waals surface area contributed by atoms with E-state index in [2.05, 4.69) is 0 Å². The van der Waals surface area contributed by atoms with E-state index < -0.39 is 0 Å². The highest BCUT2D eigenvalue weighted by Gasteiger charge is 2.26. The van der Waals surface area contributed by atoms with E-state index in [0.717, 1.165) is 18.4 Å². The van der Waals surface area contributed by atoms with Crippen LogP contribution in [0.5, 0.6) is 0 Å². The van der Waals surface area contributed by atoms with Gasteiger partial charge in [0, 0.05) is 32.0 Å². The Hall–Kier alpha value is -1.91. The van der Waals surface area contributed by atoms with Crippen LogP contribution in [-0.2, 0) is 4.79 Å². The molecular weight excluding hydrogens is 244 g/mol. The standard InChI is InChI=1S/C14H18N2O3/c1-10-3-8-13(14(9-10)16(18)19)15(2)11-4-6-12(17)7-5-11/h3,8-9,11H,4-7H2,1-2H3. The molecule has 1 aromatic carbocycles. The molecule has 0 atom stereocenters. The summed E-state index contributed by atoms with van der Waals surface area (Å²) in [6.45, 7) is 1.84. The van der Waals surface area contributed by atoms with Gasteiger partial charge in [-0.25, -0.2) is 0 Å². The third-order valence-electron chi connectivity index (χ3n) is 3.77. The van der Waals surface area contributed by atoms with Gasteiger partial charge in [0.1, 0.15) is 11.5 Å². The summed E-state index contributed by atoms with van der Waals surface area (Å²) in [4.78, 5) is 24.0. The minimum absolute atomic E-state index is 0.138. The molecule has 0 aromatic heterocycles. The number of carbonyl (C=O) groups is 1. The molecule has 0 N–H and O–H groups in total. The van der Waals surface area contributed by atoms with Crippen molar-refractivity contribution < 1.29 is 9.72 Å². The fraction of sp³-hybridized carbons (Fsp3) is 0.500. The van der Waals surface area contributed by atoms with Crippen molar-refractivity contribution >= 4 is 17.2 Å². The summed E-state index contributed by atoms with van der Waals surface area (Å²) in [6.07, 6.45) is 2.71. The number of aryl methyl sites for hydroxylation is 1. The fourth-order valence-corrected chi connectivity index (χ4v) is 2.59. The number of nitro benzene ring substituents is 1. The molecule has 1 aliphatic carbocycles. The lowest BCUT2D eigenvalue weighted by Crippen LogP contribution is -2.35. The van der Waals surface area contributed by atoms with Gasteiger partial charge in [0.25, 0.3) is 5.69 Å². The lowest BCUT2D eigenvalue weighted by molar-refractivity contribution is -0.384. The van der Waals surface area contributed by atoms with E-state index in [4.69, 9.17) is 0 Å². The summed E-state index contributed by atoms with van der Waals surface area (Å²) in [6, 6.07) is 5.48. The quantitative estimate of drug-likeness (QED) is 0.620. The molecule has 0 unspecified atom stereocenters. The van der Waals surface area contributed by atoms with Gasteiger partial charge in [-0.15, -0.1) is 0 Å². The smallest absolute Gasteiger partial charge is 0.292 e. The molecule has 1 aliphatic rings. The number of ketones is 1. The van der Waals surface area contributed by atoms with Crippen molar-refractivity contribution in [3.63, 3.8) is 0 Å². The molecule has 1 aromatic rings. The van der Waals surface area contributed by atoms with Gasteiger partial charge in [0.15, 0.2) is 0 Å². The molecule has 1 fully saturated rings. The summed E-state index contributed by atoms with van der Waals surface area (Å²) in [7, 11) is 1.87. The minimum atomic E-state index is -0.340. The van der Waals surface area contributed by atoms with Crippen LogP contribution in [0.2, 0.25) is 0 Å². The van der Waals surface area contributed by atoms with Crippen LogP contribution in [0.1, 0.15) is 31.2 Å². The van der Waals surface area contributed by atoms with Gasteiger partial charge in [-0.1, -0.05) is 6.07 Å². The van der Waals surface area contributed by atoms with Gasteiger partial charge in [0.2, 0.25) is 0 Å². The van der Waals surface area contributed by atoms with Crippen molar-refractivity contribution in [2.24, 2.45) is 0 Å². The van der Waals surface area contributed by atoms with Crippen LogP contribution in [0.15, 0.2) is 18.2 Å². The van der Waals surface area contributed by atoms with Crippen molar-refractivity contribution in [2.75, 3.05) is 11.9 Å². The lowest BCUT2D eigenvalue weighted by Gasteiger charge is -2.32. The van der Waals surface area contributed by atoms with E-state index in [1.54, 1.807) is 12.1 Å². The maximum Gasteiger partial charge on any atom is 0.292 e. The third kappa shape index (κ3) is 2.92. The Bertz CT molecular complexity index is 503. The zero-order chi connectivity index (χ0) is 14.0. The molecular formula is C14H18N2O3. The van der Waals surface area contributed by atoms with Gasteiger partial charge >= 0.3 is 0 Å². The summed E-state index contributed by atoms with van der Waals surface area (Å²) in [5, 5.41) is 11.1. The van der Waals surface area contributed by atoms with E-state index in [1.165, 1.54) is 0 Å². The fourth-order valence-electron chi connectivity index (χ4n) is 2.59. The van der Waals surface area contributed by atoms with E-state index in [1.807, 2.05) is 24.9 Å². The highest BCUT2D eigenvalue weighted by molar-refractivity contribution is 5.79. The van der Waals surface area contributed by atoms with E-state index in [-0.39, 0.29) is 16.7 Å². The number of hydrogen-bond donors (Lipinski definition) is 0. The Labute approximate surface area is 112 Å². The number of anilines is 1. The number of Topliss-reactive ketones (excluding diaryl/α,β-unsaturated/α-hetero) is 1. The van der Waals surface area contributed by atoms with Crippen LogP contribution < -0.4 is 4.90 Å². The second-order valence-corrected chi connectivity index (χ2v) is 5.13. The predicted molar refractivity (Wildman–Crippen MR) is 73.5 cm³/mol. The zero-order valence-corrected chi connectivity index (χ0v) is 11.3. The van der Waals surface area contributed by atoms with Crippen LogP contribution in [0.4, 0.5) is 11.4 Å². The van der Waals surface area contributed by atoms with E-state index >= 15 is 0 Å². The number of carbonyl (C=O) groups excluding carboxylic acids is 1. The second-order valence-electron chi connectivity index (χ2n) is 5.13. The number of nitrogens with zero attached hydrogens (tertiary/aromatic N) is 2. The number of rotatable bonds is 3. The molecule has 0 amide bonds. The predicted octanol–water partition coefficient (Wildman–Crippen LogP) is 2.85. The molecule has 0 heterocycles. The molecule has 2 rings (SSSR count). The lowest BCUT2D eigenvalue weighted by atomic mass is 9.93. The maximum atomic E-state index is 11.3. The minimum Gasteiger partial charge on any atom is -0.366 e. The molecule has 0 bridgehead atoms. The summed E-state index contributed by atoms with van der Waals surface area (Å²) in [5.41, 5.74) is 1.65. The maximum absolute atomic E-state index is 11.3. The van der Waals surface area contributed by atoms with E-state index in [0.29, 0.717) is 24.3 Å². The van der Waals surface area contributed by atoms with Crippen molar-refractivity contribution in [2.45, 2.75) is 38.6 Å². The molecule has 102 valence electrons. The van der Waals surface area contributed by atoms with Crippen LogP contribution in [0.25, 0.3) is 0 Å². The van der Waals surface area contributed by atoms with Crippen molar-refractivity contribution in [1.29, 1.82) is 0 Å². The molecule has 0 aliphatic heterocycles. The highest BCUT2D eigenvalue weighted by atomic mass is 16.6. The Morgan fingerprint density at radius 2 is 1.95 bits per heavy atom. The Morgan fingerprint density at radius 1 is 1.32 bits per heavy atom. The normalized spacial score (nSPS) is 16.4. The van der Waals surface area contributed by atoms with Crippen LogP contribution in [0, 0.1) is 17.0 Å². The van der Waals surface area contributed by atoms with Crippen molar-refractivity contribution in [3.8, 4) is 0 Å². The van der Waals surface area contributed by atoms with Crippen LogP contribution in [-0.4, -0.2) is 23.8 Å². The highest BCUT2D eigenvalue weighted by Crippen LogP contribution is 2.32. The van der Waals surface area contributed by atoms with Gasteiger partial charge in [-0.05, 0) is 31.4 Å². The molecule has 0 spiro atoms. The molecule has 19 heavy (non-hydrogen) atoms. The van der Waals surface area contributed by atoms with Gasteiger partial charge < -0.3 is 4.90 Å². The average Bonchev–Trinajstić information content (AvgIpc) is 2.38. The molecule has 0 saturated heterocycles. The van der Waals surface area contributed by atoms with Crippen LogP contribution >= 0.6 is 0 Å². The molecule has 0 radical (unpaired) electrons. The topological polar surface area (TPSA) is 63.5 Å². The number of benzene rings is 1. The molecule has 1 saturated carbocycles. The first kappa shape index (κ1) is 13.5. The first-order valence-corrected chi connectivity index (χ1v) is 6.48. The van der Waals surface area contributed by atoms with Crippen molar-refractivity contribution in [1.82, 2.24) is 0 Å². The molecule has 5 nitrogen and oxygen atoms in total. The largest absolute Gasteiger partial charge is 0.366 e. The van der Waals surface area contributed by atoms with Gasteiger partial charge in [-0.2, -0.15) is 0 Å². The van der Waals surface area contributed by atoms with E-state index in [9.17, 15) is 14.9 Å². The second kappa shape index (κ2) is 5.38. The summed E-state index contributed by atoms with van der Waals surface area (Å²) in [5.74, 6) is 0.294. The van der Waals surface area contributed by atoms with Crippen molar-refractivity contribution in [3.05, 3.63) is 33.9 Å².